The zero-order chi connectivity index (χ0) is 15.0. The molecule has 0 radical (unpaired) electrons. The Balaban J connectivity index is 3.24. The van der Waals surface area contributed by atoms with Gasteiger partial charge in [-0.1, -0.05) is 68.3 Å². The minimum absolute atomic E-state index is 0.841. The highest BCUT2D eigenvalue weighted by Crippen LogP contribution is 2.21. The number of benzene rings is 1. The number of rotatable bonds is 6. The van der Waals surface area contributed by atoms with E-state index in [9.17, 15) is 0 Å². The molecule has 1 aromatic rings. The van der Waals surface area contributed by atoms with E-state index in [-0.39, 0.29) is 0 Å². The fraction of sp³-hybridized carbons (Fsp3) is 0.105. The van der Waals surface area contributed by atoms with Crippen LogP contribution < -0.4 is 0 Å². The summed E-state index contributed by atoms with van der Waals surface area (Å²) in [4.78, 5) is 4.56. The Morgan fingerprint density at radius 3 is 2.25 bits per heavy atom. The van der Waals surface area contributed by atoms with E-state index in [1.165, 1.54) is 0 Å². The van der Waals surface area contributed by atoms with Crippen molar-refractivity contribution in [3.8, 4) is 0 Å². The van der Waals surface area contributed by atoms with Gasteiger partial charge >= 0.3 is 0 Å². The SMILES string of the molecule is C=C/C=C(C=C)/C(=C/C(=C)c1ccccc1)N=C(C)C. The van der Waals surface area contributed by atoms with Gasteiger partial charge in [0.15, 0.2) is 0 Å². The molecule has 0 amide bonds. The predicted molar refractivity (Wildman–Crippen MR) is 90.8 cm³/mol. The Hall–Kier alpha value is -2.41. The molecular formula is C19H21N. The number of hydrogen-bond donors (Lipinski definition) is 0. The lowest BCUT2D eigenvalue weighted by Gasteiger charge is -2.06. The van der Waals surface area contributed by atoms with Gasteiger partial charge in [0.1, 0.15) is 0 Å². The number of nitrogens with zero attached hydrogens (tertiary/aromatic N) is 1. The van der Waals surface area contributed by atoms with E-state index in [4.69, 9.17) is 0 Å². The smallest absolute Gasteiger partial charge is 0.0706 e. The maximum Gasteiger partial charge on any atom is 0.0706 e. The second kappa shape index (κ2) is 7.90. The second-order valence-electron chi connectivity index (χ2n) is 4.54. The van der Waals surface area contributed by atoms with Crippen LogP contribution in [-0.2, 0) is 0 Å². The second-order valence-corrected chi connectivity index (χ2v) is 4.54. The van der Waals surface area contributed by atoms with E-state index >= 15 is 0 Å². The summed E-state index contributed by atoms with van der Waals surface area (Å²) in [6, 6.07) is 10.0. The molecule has 0 saturated carbocycles. The molecular weight excluding hydrogens is 242 g/mol. The van der Waals surface area contributed by atoms with Crippen molar-refractivity contribution in [3.05, 3.63) is 91.2 Å². The number of allylic oxidation sites excluding steroid dienone is 5. The molecule has 0 unspecified atom stereocenters. The third-order valence-electron chi connectivity index (χ3n) is 2.61. The first-order valence-corrected chi connectivity index (χ1v) is 6.52. The molecule has 0 heterocycles. The lowest BCUT2D eigenvalue weighted by Crippen LogP contribution is -1.90. The van der Waals surface area contributed by atoms with Crippen molar-refractivity contribution in [2.75, 3.05) is 0 Å². The van der Waals surface area contributed by atoms with E-state index in [0.717, 1.165) is 28.1 Å². The van der Waals surface area contributed by atoms with Crippen LogP contribution >= 0.6 is 0 Å². The molecule has 102 valence electrons. The van der Waals surface area contributed by atoms with Crippen LogP contribution in [0.3, 0.4) is 0 Å². The van der Waals surface area contributed by atoms with Gasteiger partial charge in [0.05, 0.1) is 5.70 Å². The molecule has 1 heteroatoms. The van der Waals surface area contributed by atoms with Gasteiger partial charge in [-0.05, 0) is 36.6 Å². The summed E-state index contributed by atoms with van der Waals surface area (Å²) < 4.78 is 0. The highest BCUT2D eigenvalue weighted by atomic mass is 14.7. The fourth-order valence-corrected chi connectivity index (χ4v) is 1.71. The third kappa shape index (κ3) is 4.69. The molecule has 0 bridgehead atoms. The van der Waals surface area contributed by atoms with Crippen LogP contribution in [0.2, 0.25) is 0 Å². The minimum atomic E-state index is 0.841. The molecule has 1 rings (SSSR count). The fourth-order valence-electron chi connectivity index (χ4n) is 1.71. The maximum atomic E-state index is 4.56. The molecule has 0 aromatic heterocycles. The molecule has 20 heavy (non-hydrogen) atoms. The van der Waals surface area contributed by atoms with Gasteiger partial charge in [-0.25, -0.2) is 0 Å². The summed E-state index contributed by atoms with van der Waals surface area (Å²) in [6.45, 7) is 15.6. The summed E-state index contributed by atoms with van der Waals surface area (Å²) in [5.74, 6) is 0. The monoisotopic (exact) mass is 263 g/mol. The molecule has 1 aromatic carbocycles. The molecule has 0 spiro atoms. The first kappa shape index (κ1) is 15.6. The zero-order valence-corrected chi connectivity index (χ0v) is 12.3. The standard InChI is InChI=1S/C19H21N/c1-6-11-17(7-2)19(20-15(3)4)14-16(5)18-12-9-8-10-13-18/h6-14H,1-2,5H2,3-4H3/b17-11+,19-14-. The van der Waals surface area contributed by atoms with Crippen molar-refractivity contribution in [1.82, 2.24) is 0 Å². The Morgan fingerprint density at radius 1 is 1.10 bits per heavy atom. The van der Waals surface area contributed by atoms with E-state index in [1.807, 2.05) is 56.3 Å². The Kier molecular flexibility index (Phi) is 6.18. The molecule has 0 N–H and O–H groups in total. The van der Waals surface area contributed by atoms with Gasteiger partial charge in [0.25, 0.3) is 0 Å². The topological polar surface area (TPSA) is 12.4 Å². The highest BCUT2D eigenvalue weighted by molar-refractivity contribution is 5.82. The zero-order valence-electron chi connectivity index (χ0n) is 12.3. The van der Waals surface area contributed by atoms with Gasteiger partial charge in [-0.3, -0.25) is 4.99 Å². The van der Waals surface area contributed by atoms with Crippen LogP contribution in [0.25, 0.3) is 5.57 Å². The lowest BCUT2D eigenvalue weighted by molar-refractivity contribution is 1.32. The van der Waals surface area contributed by atoms with E-state index in [1.54, 1.807) is 12.2 Å². The summed E-state index contributed by atoms with van der Waals surface area (Å²) in [5, 5.41) is 0. The van der Waals surface area contributed by atoms with Gasteiger partial charge in [-0.15, -0.1) is 0 Å². The van der Waals surface area contributed by atoms with Crippen molar-refractivity contribution >= 4 is 11.3 Å². The van der Waals surface area contributed by atoms with Gasteiger partial charge in [0, 0.05) is 5.71 Å². The molecule has 0 aliphatic heterocycles. The average Bonchev–Trinajstić information content (AvgIpc) is 2.44. The van der Waals surface area contributed by atoms with E-state index in [2.05, 4.69) is 24.7 Å². The van der Waals surface area contributed by atoms with Crippen LogP contribution in [0.15, 0.2) is 90.6 Å². The largest absolute Gasteiger partial charge is 0.258 e. The number of hydrogen-bond acceptors (Lipinski definition) is 1. The van der Waals surface area contributed by atoms with Gasteiger partial charge < -0.3 is 0 Å². The van der Waals surface area contributed by atoms with Crippen LogP contribution in [0.1, 0.15) is 19.4 Å². The highest BCUT2D eigenvalue weighted by Gasteiger charge is 2.02. The molecule has 1 nitrogen and oxygen atoms in total. The quantitative estimate of drug-likeness (QED) is 0.484. The molecule has 0 aliphatic rings. The maximum absolute atomic E-state index is 4.56. The van der Waals surface area contributed by atoms with Crippen molar-refractivity contribution in [3.63, 3.8) is 0 Å². The lowest BCUT2D eigenvalue weighted by atomic mass is 10.0. The normalized spacial score (nSPS) is 11.7. The molecule has 0 saturated heterocycles. The van der Waals surface area contributed by atoms with Crippen molar-refractivity contribution in [1.29, 1.82) is 0 Å². The van der Waals surface area contributed by atoms with Crippen LogP contribution in [0.5, 0.6) is 0 Å². The molecule has 0 atom stereocenters. The van der Waals surface area contributed by atoms with Crippen LogP contribution in [0, 0.1) is 0 Å². The Bertz CT molecular complexity index is 579. The summed E-state index contributed by atoms with van der Waals surface area (Å²) in [5.41, 5.74) is 4.75. The summed E-state index contributed by atoms with van der Waals surface area (Å²) in [7, 11) is 0. The Morgan fingerprint density at radius 2 is 1.75 bits per heavy atom. The molecule has 0 fully saturated rings. The first-order valence-electron chi connectivity index (χ1n) is 6.52. The minimum Gasteiger partial charge on any atom is -0.258 e. The van der Waals surface area contributed by atoms with Crippen LogP contribution in [0.4, 0.5) is 0 Å². The Labute approximate surface area is 122 Å². The average molecular weight is 263 g/mol. The van der Waals surface area contributed by atoms with Gasteiger partial charge in [-0.2, -0.15) is 0 Å². The summed E-state index contributed by atoms with van der Waals surface area (Å²) in [6.07, 6.45) is 7.37. The van der Waals surface area contributed by atoms with Crippen molar-refractivity contribution in [2.24, 2.45) is 4.99 Å². The van der Waals surface area contributed by atoms with E-state index < -0.39 is 0 Å². The van der Waals surface area contributed by atoms with Crippen molar-refractivity contribution < 1.29 is 0 Å². The summed E-state index contributed by atoms with van der Waals surface area (Å²) >= 11 is 0. The van der Waals surface area contributed by atoms with Crippen molar-refractivity contribution in [2.45, 2.75) is 13.8 Å². The predicted octanol–water partition coefficient (Wildman–Crippen LogP) is 5.36. The van der Waals surface area contributed by atoms with Crippen LogP contribution in [-0.4, -0.2) is 5.71 Å². The number of aliphatic imine (C=N–C) groups is 1. The van der Waals surface area contributed by atoms with Gasteiger partial charge in [0.2, 0.25) is 0 Å². The first-order chi connectivity index (χ1) is 9.58. The van der Waals surface area contributed by atoms with E-state index in [0.29, 0.717) is 0 Å². The molecule has 0 aliphatic carbocycles. The third-order valence-corrected chi connectivity index (χ3v) is 2.61.